The quantitative estimate of drug-likeness (QED) is 0.480. The van der Waals surface area contributed by atoms with Gasteiger partial charge in [-0.15, -0.1) is 11.8 Å². The monoisotopic (exact) mass is 255 g/mol. The fraction of sp³-hybridized carbons (Fsp3) is 0.417. The number of anilines is 1. The van der Waals surface area contributed by atoms with E-state index in [0.29, 0.717) is 30.2 Å². The fourth-order valence-corrected chi connectivity index (χ4v) is 2.10. The Balaban J connectivity index is 2.53. The summed E-state index contributed by atoms with van der Waals surface area (Å²) < 4.78 is 9.97. The van der Waals surface area contributed by atoms with E-state index in [4.69, 9.17) is 10.5 Å². The molecule has 0 spiro atoms. The standard InChI is InChI=1S/C12H17NO3S/c1-3-16-11-8-9(4-5-10(11)13)17-7-6-12(14)15-2/h4-5,8H,3,6-7,13H2,1-2H3. The van der Waals surface area contributed by atoms with Crippen LogP contribution >= 0.6 is 11.8 Å². The van der Waals surface area contributed by atoms with Crippen LogP contribution in [0.25, 0.3) is 0 Å². The SMILES string of the molecule is CCOc1cc(SCCC(=O)OC)ccc1N. The van der Waals surface area contributed by atoms with Crippen molar-refractivity contribution in [3.63, 3.8) is 0 Å². The second-order valence-corrected chi connectivity index (χ2v) is 4.48. The largest absolute Gasteiger partial charge is 0.492 e. The van der Waals surface area contributed by atoms with Crippen LogP contribution in [0.4, 0.5) is 5.69 Å². The van der Waals surface area contributed by atoms with E-state index in [1.54, 1.807) is 11.8 Å². The van der Waals surface area contributed by atoms with Crippen LogP contribution in [-0.2, 0) is 9.53 Å². The Hall–Kier alpha value is -1.36. The van der Waals surface area contributed by atoms with Crippen molar-refractivity contribution in [3.05, 3.63) is 18.2 Å². The van der Waals surface area contributed by atoms with Crippen molar-refractivity contribution in [2.45, 2.75) is 18.2 Å². The predicted molar refractivity (Wildman–Crippen MR) is 69.4 cm³/mol. The summed E-state index contributed by atoms with van der Waals surface area (Å²) in [6, 6.07) is 5.62. The summed E-state index contributed by atoms with van der Waals surface area (Å²) in [5.41, 5.74) is 6.39. The van der Waals surface area contributed by atoms with Gasteiger partial charge in [0.25, 0.3) is 0 Å². The molecule has 0 atom stereocenters. The maximum Gasteiger partial charge on any atom is 0.306 e. The fourth-order valence-electron chi connectivity index (χ4n) is 1.24. The van der Waals surface area contributed by atoms with E-state index in [0.717, 1.165) is 4.90 Å². The normalized spacial score (nSPS) is 10.0. The molecule has 0 aliphatic heterocycles. The molecular weight excluding hydrogens is 238 g/mol. The Bertz CT molecular complexity index is 382. The molecule has 94 valence electrons. The summed E-state index contributed by atoms with van der Waals surface area (Å²) in [4.78, 5) is 12.0. The van der Waals surface area contributed by atoms with Crippen LogP contribution in [0, 0.1) is 0 Å². The van der Waals surface area contributed by atoms with E-state index >= 15 is 0 Å². The maximum absolute atomic E-state index is 10.9. The average molecular weight is 255 g/mol. The van der Waals surface area contributed by atoms with Gasteiger partial charge in [0.05, 0.1) is 25.8 Å². The van der Waals surface area contributed by atoms with Gasteiger partial charge < -0.3 is 15.2 Å². The Kier molecular flexibility index (Phi) is 5.69. The highest BCUT2D eigenvalue weighted by Crippen LogP contribution is 2.28. The first-order valence-corrected chi connectivity index (χ1v) is 6.38. The Morgan fingerprint density at radius 2 is 2.24 bits per heavy atom. The van der Waals surface area contributed by atoms with Crippen molar-refractivity contribution >= 4 is 23.4 Å². The highest BCUT2D eigenvalue weighted by Gasteiger charge is 2.04. The second kappa shape index (κ2) is 7.06. The Labute approximate surface area is 105 Å². The van der Waals surface area contributed by atoms with E-state index in [-0.39, 0.29) is 5.97 Å². The highest BCUT2D eigenvalue weighted by atomic mass is 32.2. The number of esters is 1. The van der Waals surface area contributed by atoms with Crippen molar-refractivity contribution < 1.29 is 14.3 Å². The smallest absolute Gasteiger partial charge is 0.306 e. The van der Waals surface area contributed by atoms with Gasteiger partial charge in [0, 0.05) is 10.6 Å². The molecule has 0 aliphatic carbocycles. The number of ether oxygens (including phenoxy) is 2. The molecule has 0 heterocycles. The van der Waals surface area contributed by atoms with Gasteiger partial charge in [-0.1, -0.05) is 0 Å². The average Bonchev–Trinajstić information content (AvgIpc) is 2.33. The molecule has 0 saturated carbocycles. The second-order valence-electron chi connectivity index (χ2n) is 3.31. The number of nitrogens with two attached hydrogens (primary N) is 1. The molecule has 1 rings (SSSR count). The van der Waals surface area contributed by atoms with Crippen LogP contribution in [0.15, 0.2) is 23.1 Å². The third-order valence-corrected chi connectivity index (χ3v) is 3.08. The molecule has 1 aromatic carbocycles. The molecule has 0 bridgehead atoms. The maximum atomic E-state index is 10.9. The lowest BCUT2D eigenvalue weighted by Crippen LogP contribution is -2.01. The molecule has 0 aliphatic rings. The number of hydrogen-bond acceptors (Lipinski definition) is 5. The Morgan fingerprint density at radius 1 is 1.47 bits per heavy atom. The van der Waals surface area contributed by atoms with Crippen molar-refractivity contribution in [2.24, 2.45) is 0 Å². The molecule has 0 unspecified atom stereocenters. The van der Waals surface area contributed by atoms with E-state index in [1.807, 2.05) is 25.1 Å². The zero-order valence-corrected chi connectivity index (χ0v) is 10.9. The molecule has 1 aromatic rings. The predicted octanol–water partition coefficient (Wildman–Crippen LogP) is 2.32. The van der Waals surface area contributed by atoms with Crippen LogP contribution in [0.2, 0.25) is 0 Å². The summed E-state index contributed by atoms with van der Waals surface area (Å²) in [7, 11) is 1.39. The molecule has 0 amide bonds. The van der Waals surface area contributed by atoms with Crippen LogP contribution in [0.5, 0.6) is 5.75 Å². The minimum absolute atomic E-state index is 0.196. The number of thioether (sulfide) groups is 1. The minimum atomic E-state index is -0.196. The number of rotatable bonds is 6. The van der Waals surface area contributed by atoms with Crippen LogP contribution in [0.1, 0.15) is 13.3 Å². The molecule has 0 radical (unpaired) electrons. The van der Waals surface area contributed by atoms with E-state index < -0.39 is 0 Å². The molecule has 5 heteroatoms. The molecule has 0 fully saturated rings. The number of hydrogen-bond donors (Lipinski definition) is 1. The van der Waals surface area contributed by atoms with Gasteiger partial charge in [-0.25, -0.2) is 0 Å². The van der Waals surface area contributed by atoms with Gasteiger partial charge >= 0.3 is 5.97 Å². The van der Waals surface area contributed by atoms with Gasteiger partial charge in [0.1, 0.15) is 5.75 Å². The zero-order valence-electron chi connectivity index (χ0n) is 10.1. The highest BCUT2D eigenvalue weighted by molar-refractivity contribution is 7.99. The third kappa shape index (κ3) is 4.56. The summed E-state index contributed by atoms with van der Waals surface area (Å²) in [5.74, 6) is 1.18. The van der Waals surface area contributed by atoms with Crippen LogP contribution in [-0.4, -0.2) is 25.4 Å². The topological polar surface area (TPSA) is 61.5 Å². The number of benzene rings is 1. The molecular formula is C12H17NO3S. The zero-order chi connectivity index (χ0) is 12.7. The lowest BCUT2D eigenvalue weighted by Gasteiger charge is -2.08. The summed E-state index contributed by atoms with van der Waals surface area (Å²) >= 11 is 1.58. The lowest BCUT2D eigenvalue weighted by atomic mass is 10.3. The number of carbonyl (C=O) groups excluding carboxylic acids is 1. The first-order valence-electron chi connectivity index (χ1n) is 5.39. The minimum Gasteiger partial charge on any atom is -0.492 e. The molecule has 4 nitrogen and oxygen atoms in total. The summed E-state index contributed by atoms with van der Waals surface area (Å²) in [5, 5.41) is 0. The number of nitrogen functional groups attached to an aromatic ring is 1. The Morgan fingerprint density at radius 3 is 2.88 bits per heavy atom. The van der Waals surface area contributed by atoms with Gasteiger partial charge in [-0.2, -0.15) is 0 Å². The van der Waals surface area contributed by atoms with Crippen molar-refractivity contribution in [3.8, 4) is 5.75 Å². The molecule has 17 heavy (non-hydrogen) atoms. The van der Waals surface area contributed by atoms with Gasteiger partial charge in [-0.3, -0.25) is 4.79 Å². The summed E-state index contributed by atoms with van der Waals surface area (Å²) in [6.07, 6.45) is 0.398. The first kappa shape index (κ1) is 13.7. The molecule has 2 N–H and O–H groups in total. The molecule has 0 aromatic heterocycles. The van der Waals surface area contributed by atoms with Crippen molar-refractivity contribution in [1.29, 1.82) is 0 Å². The first-order chi connectivity index (χ1) is 8.17. The van der Waals surface area contributed by atoms with Crippen LogP contribution < -0.4 is 10.5 Å². The van der Waals surface area contributed by atoms with E-state index in [9.17, 15) is 4.79 Å². The van der Waals surface area contributed by atoms with Crippen LogP contribution in [0.3, 0.4) is 0 Å². The number of carbonyl (C=O) groups is 1. The van der Waals surface area contributed by atoms with Gasteiger partial charge in [0.15, 0.2) is 0 Å². The summed E-state index contributed by atoms with van der Waals surface area (Å²) in [6.45, 7) is 2.50. The molecule has 0 saturated heterocycles. The van der Waals surface area contributed by atoms with E-state index in [1.165, 1.54) is 7.11 Å². The van der Waals surface area contributed by atoms with Crippen molar-refractivity contribution in [1.82, 2.24) is 0 Å². The number of methoxy groups -OCH3 is 1. The van der Waals surface area contributed by atoms with Crippen molar-refractivity contribution in [2.75, 3.05) is 25.2 Å². The lowest BCUT2D eigenvalue weighted by molar-refractivity contribution is -0.140. The third-order valence-electron chi connectivity index (χ3n) is 2.09. The van der Waals surface area contributed by atoms with Gasteiger partial charge in [0.2, 0.25) is 0 Å². The van der Waals surface area contributed by atoms with Gasteiger partial charge in [-0.05, 0) is 25.1 Å². The van der Waals surface area contributed by atoms with E-state index in [2.05, 4.69) is 4.74 Å².